The highest BCUT2D eigenvalue weighted by molar-refractivity contribution is 8.01. The molecule has 2 rings (SSSR count). The van der Waals surface area contributed by atoms with Crippen molar-refractivity contribution in [2.45, 2.75) is 21.9 Å². The number of aromatic nitrogens is 2. The lowest BCUT2D eigenvalue weighted by atomic mass is 10.4. The predicted octanol–water partition coefficient (Wildman–Crippen LogP) is 4.60. The Balaban J connectivity index is 1.90. The van der Waals surface area contributed by atoms with Crippen molar-refractivity contribution < 1.29 is 0 Å². The third-order valence-electron chi connectivity index (χ3n) is 1.89. The van der Waals surface area contributed by atoms with E-state index >= 15 is 0 Å². The fourth-order valence-electron chi connectivity index (χ4n) is 1.15. The van der Waals surface area contributed by atoms with Crippen LogP contribution in [0.3, 0.4) is 0 Å². The molecule has 2 aromatic rings. The van der Waals surface area contributed by atoms with Crippen LogP contribution in [-0.2, 0) is 5.75 Å². The Hall–Kier alpha value is -0.230. The molecule has 0 atom stereocenters. The van der Waals surface area contributed by atoms with Gasteiger partial charge in [-0.15, -0.1) is 22.0 Å². The lowest BCUT2D eigenvalue weighted by Crippen LogP contribution is -1.79. The largest absolute Gasteiger partial charge is 0.174 e. The van der Waals surface area contributed by atoms with Crippen molar-refractivity contribution in [1.82, 2.24) is 10.2 Å². The molecule has 1 aromatic heterocycles. The number of hydrogen-bond acceptors (Lipinski definition) is 5. The van der Waals surface area contributed by atoms with Crippen molar-refractivity contribution in [3.05, 3.63) is 34.3 Å². The fourth-order valence-corrected chi connectivity index (χ4v) is 3.96. The van der Waals surface area contributed by atoms with Gasteiger partial charge < -0.3 is 0 Å². The lowest BCUT2D eigenvalue weighted by Gasteiger charge is -1.98. The van der Waals surface area contributed by atoms with Crippen LogP contribution in [0.1, 0.15) is 11.9 Å². The van der Waals surface area contributed by atoms with Crippen LogP contribution >= 0.6 is 46.5 Å². The molecule has 0 aliphatic rings. The Morgan fingerprint density at radius 2 is 1.94 bits per heavy atom. The molecule has 0 saturated heterocycles. The van der Waals surface area contributed by atoms with Gasteiger partial charge >= 0.3 is 0 Å². The smallest absolute Gasteiger partial charge is 0.142 e. The van der Waals surface area contributed by atoms with Crippen LogP contribution in [0.15, 0.2) is 33.5 Å². The molecule has 0 spiro atoms. The topological polar surface area (TPSA) is 25.8 Å². The quantitative estimate of drug-likeness (QED) is 0.754. The number of nitrogens with zero attached hydrogens (tertiary/aromatic N) is 2. The van der Waals surface area contributed by atoms with E-state index in [2.05, 4.69) is 17.1 Å². The molecule has 0 N–H and O–H groups in total. The summed E-state index contributed by atoms with van der Waals surface area (Å²) in [6.45, 7) is 2.12. The summed E-state index contributed by atoms with van der Waals surface area (Å²) in [5.41, 5.74) is 0. The summed E-state index contributed by atoms with van der Waals surface area (Å²) < 4.78 is 1.05. The summed E-state index contributed by atoms with van der Waals surface area (Å²) >= 11 is 11.0. The maximum Gasteiger partial charge on any atom is 0.174 e. The van der Waals surface area contributed by atoms with Crippen molar-refractivity contribution in [2.75, 3.05) is 5.75 Å². The molecular weight excluding hydrogens is 292 g/mol. The van der Waals surface area contributed by atoms with Gasteiger partial charge in [0.25, 0.3) is 0 Å². The normalized spacial score (nSPS) is 10.7. The summed E-state index contributed by atoms with van der Waals surface area (Å²) in [7, 11) is 0. The zero-order valence-electron chi connectivity index (χ0n) is 9.22. The SMILES string of the molecule is CCSc1nnc(CSc2ccc(Cl)cc2)s1. The Bertz CT molecular complexity index is 470. The summed E-state index contributed by atoms with van der Waals surface area (Å²) in [4.78, 5) is 1.20. The van der Waals surface area contributed by atoms with E-state index in [1.807, 2.05) is 24.3 Å². The second-order valence-electron chi connectivity index (χ2n) is 3.14. The Morgan fingerprint density at radius 1 is 1.18 bits per heavy atom. The van der Waals surface area contributed by atoms with Crippen LogP contribution in [0.4, 0.5) is 0 Å². The second kappa shape index (κ2) is 6.64. The van der Waals surface area contributed by atoms with Gasteiger partial charge in [-0.05, 0) is 30.0 Å². The van der Waals surface area contributed by atoms with Crippen molar-refractivity contribution in [3.8, 4) is 0 Å². The first kappa shape index (κ1) is 13.2. The molecule has 0 radical (unpaired) electrons. The van der Waals surface area contributed by atoms with Crippen LogP contribution < -0.4 is 0 Å². The zero-order valence-corrected chi connectivity index (χ0v) is 12.4. The average Bonchev–Trinajstić information content (AvgIpc) is 2.77. The molecule has 1 heterocycles. The molecule has 0 saturated carbocycles. The first-order valence-electron chi connectivity index (χ1n) is 5.11. The highest BCUT2D eigenvalue weighted by Crippen LogP contribution is 2.28. The molecule has 17 heavy (non-hydrogen) atoms. The third kappa shape index (κ3) is 4.17. The molecule has 0 bridgehead atoms. The van der Waals surface area contributed by atoms with Crippen molar-refractivity contribution in [2.24, 2.45) is 0 Å². The van der Waals surface area contributed by atoms with Gasteiger partial charge in [0.1, 0.15) is 5.01 Å². The minimum atomic E-state index is 0.770. The molecule has 90 valence electrons. The van der Waals surface area contributed by atoms with Crippen molar-refractivity contribution in [1.29, 1.82) is 0 Å². The van der Waals surface area contributed by atoms with E-state index in [1.54, 1.807) is 34.9 Å². The molecule has 0 aliphatic carbocycles. The van der Waals surface area contributed by atoms with E-state index in [1.165, 1.54) is 4.90 Å². The van der Waals surface area contributed by atoms with E-state index < -0.39 is 0 Å². The summed E-state index contributed by atoms with van der Waals surface area (Å²) in [5, 5.41) is 10.1. The van der Waals surface area contributed by atoms with Gasteiger partial charge in [0.05, 0.1) is 5.75 Å². The van der Waals surface area contributed by atoms with Gasteiger partial charge in [-0.3, -0.25) is 0 Å². The molecular formula is C11H11ClN2S3. The van der Waals surface area contributed by atoms with Crippen molar-refractivity contribution >= 4 is 46.5 Å². The van der Waals surface area contributed by atoms with Crippen LogP contribution in [0.25, 0.3) is 0 Å². The molecule has 0 amide bonds. The Labute approximate surface area is 118 Å². The number of halogens is 1. The average molecular weight is 303 g/mol. The van der Waals surface area contributed by atoms with Crippen LogP contribution in [0.5, 0.6) is 0 Å². The van der Waals surface area contributed by atoms with Gasteiger partial charge in [0.15, 0.2) is 4.34 Å². The van der Waals surface area contributed by atoms with E-state index in [-0.39, 0.29) is 0 Å². The van der Waals surface area contributed by atoms with E-state index in [0.717, 1.165) is 25.9 Å². The Kier molecular flexibility index (Phi) is 5.16. The highest BCUT2D eigenvalue weighted by atomic mass is 35.5. The minimum Gasteiger partial charge on any atom is -0.142 e. The monoisotopic (exact) mass is 302 g/mol. The van der Waals surface area contributed by atoms with Gasteiger partial charge in [-0.1, -0.05) is 41.6 Å². The second-order valence-corrected chi connectivity index (χ2v) is 7.20. The number of benzene rings is 1. The first-order valence-corrected chi connectivity index (χ1v) is 8.28. The zero-order chi connectivity index (χ0) is 12.1. The van der Waals surface area contributed by atoms with E-state index in [9.17, 15) is 0 Å². The van der Waals surface area contributed by atoms with E-state index in [4.69, 9.17) is 11.6 Å². The van der Waals surface area contributed by atoms with Crippen LogP contribution in [0.2, 0.25) is 5.02 Å². The minimum absolute atomic E-state index is 0.770. The highest BCUT2D eigenvalue weighted by Gasteiger charge is 2.04. The predicted molar refractivity (Wildman–Crippen MR) is 77.3 cm³/mol. The summed E-state index contributed by atoms with van der Waals surface area (Å²) in [5.74, 6) is 1.91. The molecule has 0 aliphatic heterocycles. The Morgan fingerprint density at radius 3 is 2.65 bits per heavy atom. The van der Waals surface area contributed by atoms with E-state index in [0.29, 0.717) is 0 Å². The van der Waals surface area contributed by atoms with Gasteiger partial charge in [0.2, 0.25) is 0 Å². The fraction of sp³-hybridized carbons (Fsp3) is 0.273. The summed E-state index contributed by atoms with van der Waals surface area (Å²) in [6.07, 6.45) is 0. The summed E-state index contributed by atoms with van der Waals surface area (Å²) in [6, 6.07) is 7.86. The molecule has 6 heteroatoms. The van der Waals surface area contributed by atoms with Gasteiger partial charge in [-0.25, -0.2) is 0 Å². The van der Waals surface area contributed by atoms with Crippen molar-refractivity contribution in [3.63, 3.8) is 0 Å². The third-order valence-corrected chi connectivity index (χ3v) is 5.29. The maximum absolute atomic E-state index is 5.83. The maximum atomic E-state index is 5.83. The molecule has 1 aromatic carbocycles. The van der Waals surface area contributed by atoms with Crippen LogP contribution in [0, 0.1) is 0 Å². The lowest BCUT2D eigenvalue weighted by molar-refractivity contribution is 0.979. The van der Waals surface area contributed by atoms with Gasteiger partial charge in [-0.2, -0.15) is 0 Å². The first-order chi connectivity index (χ1) is 8.28. The molecule has 2 nitrogen and oxygen atoms in total. The standard InChI is InChI=1S/C11H11ClN2S3/c1-2-15-11-14-13-10(17-11)7-16-9-5-3-8(12)4-6-9/h3-6H,2,7H2,1H3. The number of hydrogen-bond donors (Lipinski definition) is 0. The van der Waals surface area contributed by atoms with Crippen LogP contribution in [-0.4, -0.2) is 16.0 Å². The number of rotatable bonds is 5. The molecule has 0 unspecified atom stereocenters. The van der Waals surface area contributed by atoms with Gasteiger partial charge in [0, 0.05) is 9.92 Å². The molecule has 0 fully saturated rings. The number of thioether (sulfide) groups is 2.